The molecule has 1 aromatic rings. The number of hydrogen-bond donors (Lipinski definition) is 0. The molecular formula is C16H20N2O7S. The molecule has 0 radical (unpaired) electrons. The summed E-state index contributed by atoms with van der Waals surface area (Å²) in [7, 11) is -2.10. The average Bonchev–Trinajstić information content (AvgIpc) is 2.73. The van der Waals surface area contributed by atoms with Gasteiger partial charge in [0.25, 0.3) is 15.8 Å². The molecule has 10 heteroatoms. The van der Waals surface area contributed by atoms with Crippen molar-refractivity contribution in [2.45, 2.75) is 55.4 Å². The Labute approximate surface area is 151 Å². The van der Waals surface area contributed by atoms with Crippen molar-refractivity contribution in [2.75, 3.05) is 7.05 Å². The molecule has 0 N–H and O–H groups in total. The summed E-state index contributed by atoms with van der Waals surface area (Å²) in [5.41, 5.74) is -0.189. The Morgan fingerprint density at radius 2 is 1.88 bits per heavy atom. The van der Waals surface area contributed by atoms with Gasteiger partial charge in [-0.3, -0.25) is 24.0 Å². The van der Waals surface area contributed by atoms with Crippen molar-refractivity contribution in [2.24, 2.45) is 0 Å². The quantitative estimate of drug-likeness (QED) is 0.324. The van der Waals surface area contributed by atoms with Crippen LogP contribution in [0.3, 0.4) is 0 Å². The van der Waals surface area contributed by atoms with E-state index in [-0.39, 0.29) is 34.7 Å². The fourth-order valence-corrected chi connectivity index (χ4v) is 4.86. The second kappa shape index (κ2) is 6.93. The molecule has 2 aliphatic rings. The number of fused-ring (bicyclic) bond motifs is 2. The van der Waals surface area contributed by atoms with Gasteiger partial charge in [-0.25, -0.2) is 0 Å². The lowest BCUT2D eigenvalue weighted by Gasteiger charge is -2.36. The van der Waals surface area contributed by atoms with Crippen molar-refractivity contribution in [3.63, 3.8) is 0 Å². The summed E-state index contributed by atoms with van der Waals surface area (Å²) in [4.78, 5) is 23.3. The number of rotatable bonds is 5. The number of likely N-dealkylation sites (N-methyl/N-ethyl adjacent to an activating group) is 1. The Kier molecular flexibility index (Phi) is 5.00. The second-order valence-electron chi connectivity index (χ2n) is 6.66. The van der Waals surface area contributed by atoms with Gasteiger partial charge in [0.1, 0.15) is 6.10 Å². The summed E-state index contributed by atoms with van der Waals surface area (Å²) in [6.07, 6.45) is 0.798. The van der Waals surface area contributed by atoms with Crippen molar-refractivity contribution in [3.05, 3.63) is 34.4 Å². The van der Waals surface area contributed by atoms with E-state index in [1.807, 2.05) is 7.05 Å². The maximum Gasteiger partial charge on any atom is 0.302 e. The third-order valence-corrected chi connectivity index (χ3v) is 6.36. The number of carbonyl (C=O) groups is 1. The number of carbonyl (C=O) groups excluding carboxylic acids is 1. The van der Waals surface area contributed by atoms with Crippen LogP contribution in [0.1, 0.15) is 26.2 Å². The highest BCUT2D eigenvalue weighted by Crippen LogP contribution is 2.38. The van der Waals surface area contributed by atoms with Gasteiger partial charge in [0.2, 0.25) is 0 Å². The molecule has 142 valence electrons. The van der Waals surface area contributed by atoms with Gasteiger partial charge < -0.3 is 4.74 Å². The SMILES string of the molecule is CC(=O)O[C@H]1CC2C[C@@H](OS(=O)(=O)c3ccc([N+](=O)[O-])cc3)CC1N2C. The molecule has 0 spiro atoms. The van der Waals surface area contributed by atoms with Crippen molar-refractivity contribution < 1.29 is 27.1 Å². The fraction of sp³-hybridized carbons (Fsp3) is 0.562. The molecule has 2 unspecified atom stereocenters. The molecule has 9 nitrogen and oxygen atoms in total. The summed E-state index contributed by atoms with van der Waals surface area (Å²) < 4.78 is 35.7. The first-order chi connectivity index (χ1) is 12.2. The fourth-order valence-electron chi connectivity index (χ4n) is 3.76. The molecular weight excluding hydrogens is 364 g/mol. The van der Waals surface area contributed by atoms with Crippen LogP contribution in [0, 0.1) is 10.1 Å². The predicted molar refractivity (Wildman–Crippen MR) is 89.9 cm³/mol. The topological polar surface area (TPSA) is 116 Å². The van der Waals surface area contributed by atoms with E-state index < -0.39 is 21.1 Å². The first-order valence-electron chi connectivity index (χ1n) is 8.24. The van der Waals surface area contributed by atoms with Crippen LogP contribution in [0.25, 0.3) is 0 Å². The minimum atomic E-state index is -4.03. The molecule has 0 amide bonds. The average molecular weight is 384 g/mol. The third-order valence-electron chi connectivity index (χ3n) is 4.99. The molecule has 0 saturated carbocycles. The zero-order valence-corrected chi connectivity index (χ0v) is 15.2. The lowest BCUT2D eigenvalue weighted by Crippen LogP contribution is -2.46. The summed E-state index contributed by atoms with van der Waals surface area (Å²) in [6.45, 7) is 1.36. The smallest absolute Gasteiger partial charge is 0.302 e. The normalized spacial score (nSPS) is 28.7. The number of benzene rings is 1. The minimum absolute atomic E-state index is 0.0789. The second-order valence-corrected chi connectivity index (χ2v) is 8.24. The van der Waals surface area contributed by atoms with E-state index in [4.69, 9.17) is 8.92 Å². The van der Waals surface area contributed by atoms with Gasteiger partial charge in [0.15, 0.2) is 0 Å². The molecule has 0 aromatic heterocycles. The Balaban J connectivity index is 1.71. The number of nitro benzene ring substituents is 1. The van der Waals surface area contributed by atoms with Gasteiger partial charge in [-0.2, -0.15) is 8.42 Å². The highest BCUT2D eigenvalue weighted by molar-refractivity contribution is 7.86. The first kappa shape index (κ1) is 18.7. The van der Waals surface area contributed by atoms with E-state index in [0.29, 0.717) is 19.3 Å². The lowest BCUT2D eigenvalue weighted by molar-refractivity contribution is -0.384. The highest BCUT2D eigenvalue weighted by Gasteiger charge is 2.47. The Bertz CT molecular complexity index is 808. The van der Waals surface area contributed by atoms with Gasteiger partial charge in [-0.1, -0.05) is 0 Å². The molecule has 2 bridgehead atoms. The van der Waals surface area contributed by atoms with E-state index in [2.05, 4.69) is 4.90 Å². The van der Waals surface area contributed by atoms with Crippen LogP contribution in [0.2, 0.25) is 0 Å². The van der Waals surface area contributed by atoms with Crippen LogP contribution in [-0.4, -0.2) is 55.5 Å². The predicted octanol–water partition coefficient (Wildman–Crippen LogP) is 1.47. The van der Waals surface area contributed by atoms with E-state index in [9.17, 15) is 23.3 Å². The standard InChI is InChI=1S/C16H20N2O7S/c1-10(19)24-16-8-12-7-13(9-15(16)17(12)2)25-26(22,23)14-5-3-11(4-6-14)18(20)21/h3-6,12-13,15-16H,7-9H2,1-2H3/t12?,13-,15?,16+/m1/s1. The number of hydrogen-bond acceptors (Lipinski definition) is 8. The van der Waals surface area contributed by atoms with E-state index in [1.165, 1.54) is 19.1 Å². The van der Waals surface area contributed by atoms with Gasteiger partial charge >= 0.3 is 5.97 Å². The van der Waals surface area contributed by atoms with Crippen molar-refractivity contribution in [1.29, 1.82) is 0 Å². The third kappa shape index (κ3) is 3.71. The largest absolute Gasteiger partial charge is 0.461 e. The minimum Gasteiger partial charge on any atom is -0.461 e. The van der Waals surface area contributed by atoms with Crippen LogP contribution in [0.5, 0.6) is 0 Å². The molecule has 3 rings (SSSR count). The van der Waals surface area contributed by atoms with Crippen LogP contribution < -0.4 is 0 Å². The number of non-ortho nitro benzene ring substituents is 1. The molecule has 1 aromatic carbocycles. The first-order valence-corrected chi connectivity index (χ1v) is 9.65. The van der Waals surface area contributed by atoms with Gasteiger partial charge in [-0.15, -0.1) is 0 Å². The van der Waals surface area contributed by atoms with Gasteiger partial charge in [0.05, 0.1) is 15.9 Å². The Morgan fingerprint density at radius 3 is 2.46 bits per heavy atom. The van der Waals surface area contributed by atoms with Crippen LogP contribution in [-0.2, 0) is 23.8 Å². The zero-order valence-electron chi connectivity index (χ0n) is 14.4. The molecule has 2 heterocycles. The van der Waals surface area contributed by atoms with E-state index >= 15 is 0 Å². The van der Waals surface area contributed by atoms with Crippen LogP contribution in [0.15, 0.2) is 29.2 Å². The molecule has 4 atom stereocenters. The van der Waals surface area contributed by atoms with Crippen molar-refractivity contribution in [3.8, 4) is 0 Å². The molecule has 0 aliphatic carbocycles. The highest BCUT2D eigenvalue weighted by atomic mass is 32.2. The summed E-state index contributed by atoms with van der Waals surface area (Å²) >= 11 is 0. The summed E-state index contributed by atoms with van der Waals surface area (Å²) in [6, 6.07) is 4.58. The van der Waals surface area contributed by atoms with Gasteiger partial charge in [-0.05, 0) is 32.0 Å². The van der Waals surface area contributed by atoms with Gasteiger partial charge in [0, 0.05) is 37.6 Å². The maximum absolute atomic E-state index is 12.5. The number of piperidine rings is 1. The number of esters is 1. The van der Waals surface area contributed by atoms with Crippen molar-refractivity contribution >= 4 is 21.8 Å². The van der Waals surface area contributed by atoms with Crippen molar-refractivity contribution in [1.82, 2.24) is 4.90 Å². The summed E-state index contributed by atoms with van der Waals surface area (Å²) in [5, 5.41) is 10.7. The van der Waals surface area contributed by atoms with Crippen LogP contribution in [0.4, 0.5) is 5.69 Å². The zero-order chi connectivity index (χ0) is 19.1. The number of nitro groups is 1. The lowest BCUT2D eigenvalue weighted by atomic mass is 10.0. The molecule has 2 fully saturated rings. The summed E-state index contributed by atoms with van der Waals surface area (Å²) in [5.74, 6) is -0.355. The van der Waals surface area contributed by atoms with Crippen LogP contribution >= 0.6 is 0 Å². The molecule has 26 heavy (non-hydrogen) atoms. The molecule has 2 saturated heterocycles. The maximum atomic E-state index is 12.5. The number of nitrogens with zero attached hydrogens (tertiary/aromatic N) is 2. The Morgan fingerprint density at radius 1 is 1.23 bits per heavy atom. The Hall–Kier alpha value is -2.04. The number of ether oxygens (including phenoxy) is 1. The molecule has 2 aliphatic heterocycles. The van der Waals surface area contributed by atoms with E-state index in [1.54, 1.807) is 0 Å². The van der Waals surface area contributed by atoms with E-state index in [0.717, 1.165) is 12.1 Å². The monoisotopic (exact) mass is 384 g/mol.